The average molecular weight is 233 g/mol. The second-order valence-electron chi connectivity index (χ2n) is 3.01. The van der Waals surface area contributed by atoms with Gasteiger partial charge in [-0.3, -0.25) is 4.99 Å². The molecular weight excluding hydrogens is 218 g/mol. The summed E-state index contributed by atoms with van der Waals surface area (Å²) >= 11 is 0. The summed E-state index contributed by atoms with van der Waals surface area (Å²) in [4.78, 5) is 16.8. The fourth-order valence-electron chi connectivity index (χ4n) is 1.09. The molecule has 0 fully saturated rings. The van der Waals surface area contributed by atoms with E-state index in [1.54, 1.807) is 38.6 Å². The number of nitrogens with zero attached hydrogens (tertiary/aromatic N) is 3. The van der Waals surface area contributed by atoms with Gasteiger partial charge >= 0.3 is 0 Å². The maximum Gasteiger partial charge on any atom is 0.115 e. The normalized spacial score (nSPS) is 13.1. The molecule has 6 heteroatoms. The van der Waals surface area contributed by atoms with E-state index in [1.807, 2.05) is 0 Å². The van der Waals surface area contributed by atoms with Crippen LogP contribution in [0.1, 0.15) is 5.56 Å². The lowest BCUT2D eigenvalue weighted by Crippen LogP contribution is -2.05. The van der Waals surface area contributed by atoms with Crippen molar-refractivity contribution in [2.45, 2.75) is 0 Å². The highest BCUT2D eigenvalue weighted by Gasteiger charge is 1.99. The van der Waals surface area contributed by atoms with Gasteiger partial charge in [0.2, 0.25) is 0 Å². The number of nitrogens with two attached hydrogens (primary N) is 1. The van der Waals surface area contributed by atoms with Crippen molar-refractivity contribution in [3.8, 4) is 0 Å². The number of allylic oxidation sites excluding steroid dienone is 2. The molecule has 1 aromatic heterocycles. The van der Waals surface area contributed by atoms with Crippen LogP contribution in [0, 0.1) is 0 Å². The third kappa shape index (κ3) is 4.43. The van der Waals surface area contributed by atoms with Crippen LogP contribution in [0.3, 0.4) is 0 Å². The minimum atomic E-state index is 0.518. The summed E-state index contributed by atoms with van der Waals surface area (Å²) in [5.74, 6) is 0. The first-order chi connectivity index (χ1) is 8.27. The van der Waals surface area contributed by atoms with E-state index < -0.39 is 0 Å². The van der Waals surface area contributed by atoms with Gasteiger partial charge in [-0.2, -0.15) is 5.48 Å². The van der Waals surface area contributed by atoms with Crippen molar-refractivity contribution in [1.82, 2.24) is 15.4 Å². The van der Waals surface area contributed by atoms with Gasteiger partial charge in [0.15, 0.2) is 0 Å². The van der Waals surface area contributed by atoms with Crippen LogP contribution in [0.5, 0.6) is 0 Å². The molecule has 0 saturated heterocycles. The second-order valence-corrected chi connectivity index (χ2v) is 3.01. The molecule has 0 spiro atoms. The van der Waals surface area contributed by atoms with Crippen molar-refractivity contribution in [2.24, 2.45) is 10.7 Å². The van der Waals surface area contributed by atoms with E-state index in [9.17, 15) is 0 Å². The van der Waals surface area contributed by atoms with Gasteiger partial charge in [-0.15, -0.1) is 0 Å². The molecule has 17 heavy (non-hydrogen) atoms. The predicted octanol–water partition coefficient (Wildman–Crippen LogP) is 0.403. The van der Waals surface area contributed by atoms with Crippen molar-refractivity contribution in [1.29, 1.82) is 0 Å². The molecule has 90 valence electrons. The fourth-order valence-corrected chi connectivity index (χ4v) is 1.09. The Balaban J connectivity index is 2.81. The van der Waals surface area contributed by atoms with Gasteiger partial charge in [-0.1, -0.05) is 0 Å². The lowest BCUT2D eigenvalue weighted by molar-refractivity contribution is 0.158. The zero-order valence-electron chi connectivity index (χ0n) is 9.79. The predicted molar refractivity (Wildman–Crippen MR) is 66.0 cm³/mol. The van der Waals surface area contributed by atoms with Crippen LogP contribution >= 0.6 is 0 Å². The van der Waals surface area contributed by atoms with E-state index in [0.717, 1.165) is 5.56 Å². The molecule has 1 heterocycles. The van der Waals surface area contributed by atoms with E-state index in [0.29, 0.717) is 11.4 Å². The molecule has 1 aromatic rings. The largest absolute Gasteiger partial charge is 0.417 e. The zero-order chi connectivity index (χ0) is 12.5. The third-order valence-corrected chi connectivity index (χ3v) is 1.85. The van der Waals surface area contributed by atoms with Crippen LogP contribution in [-0.4, -0.2) is 29.8 Å². The fraction of sp³-hybridized carbons (Fsp3) is 0.182. The Bertz CT molecular complexity index is 425. The van der Waals surface area contributed by atoms with Gasteiger partial charge in [-0.25, -0.2) is 9.97 Å². The molecule has 1 rings (SSSR count). The van der Waals surface area contributed by atoms with Crippen LogP contribution < -0.4 is 11.2 Å². The lowest BCUT2D eigenvalue weighted by Gasteiger charge is -2.00. The summed E-state index contributed by atoms with van der Waals surface area (Å²) in [5, 5.41) is 0. The summed E-state index contributed by atoms with van der Waals surface area (Å²) in [5.41, 5.74) is 10.3. The highest BCUT2D eigenvalue weighted by Crippen LogP contribution is 2.00. The summed E-state index contributed by atoms with van der Waals surface area (Å²) in [6, 6.07) is 0. The Morgan fingerprint density at radius 1 is 1.47 bits per heavy atom. The van der Waals surface area contributed by atoms with E-state index in [4.69, 9.17) is 10.6 Å². The number of aromatic nitrogens is 2. The maximum atomic E-state index is 5.77. The standard InChI is InChI=1S/C11H15N5O/c1-13-11(9-6-15-8-16-7-9)5-10(12)3-4-17-14-2/h3-8,14H,12H2,1-2H3/b4-3+,10-5-,13-11?. The van der Waals surface area contributed by atoms with Gasteiger partial charge in [0, 0.05) is 37.7 Å². The Kier molecular flexibility index (Phi) is 5.39. The molecule has 0 aliphatic rings. The smallest absolute Gasteiger partial charge is 0.115 e. The van der Waals surface area contributed by atoms with Gasteiger partial charge in [0.25, 0.3) is 0 Å². The SMILES string of the molecule is CN=C(/C=C(N)/C=C/ONC)c1cncnc1. The zero-order valence-corrected chi connectivity index (χ0v) is 9.79. The third-order valence-electron chi connectivity index (χ3n) is 1.85. The number of rotatable bonds is 5. The van der Waals surface area contributed by atoms with Gasteiger partial charge < -0.3 is 10.6 Å². The van der Waals surface area contributed by atoms with E-state index in [2.05, 4.69) is 20.4 Å². The van der Waals surface area contributed by atoms with Crippen molar-refractivity contribution in [3.05, 3.63) is 48.4 Å². The number of hydrogen-bond donors (Lipinski definition) is 2. The Labute approximate surface area is 99.9 Å². The second kappa shape index (κ2) is 7.13. The summed E-state index contributed by atoms with van der Waals surface area (Å²) in [6.45, 7) is 0. The minimum absolute atomic E-state index is 0.518. The average Bonchev–Trinajstić information content (AvgIpc) is 2.37. The molecule has 0 unspecified atom stereocenters. The monoisotopic (exact) mass is 233 g/mol. The molecule has 0 bridgehead atoms. The highest BCUT2D eigenvalue weighted by atomic mass is 16.6. The topological polar surface area (TPSA) is 85.4 Å². The van der Waals surface area contributed by atoms with Crippen molar-refractivity contribution in [3.63, 3.8) is 0 Å². The summed E-state index contributed by atoms with van der Waals surface area (Å²) in [6.07, 6.45) is 9.59. The quantitative estimate of drug-likeness (QED) is 0.333. The Hall–Kier alpha value is -2.21. The van der Waals surface area contributed by atoms with Gasteiger partial charge in [0.05, 0.1) is 5.71 Å². The number of hydrogen-bond acceptors (Lipinski definition) is 6. The summed E-state index contributed by atoms with van der Waals surface area (Å²) in [7, 11) is 3.34. The van der Waals surface area contributed by atoms with Gasteiger partial charge in [-0.05, 0) is 12.2 Å². The number of aliphatic imine (C=N–C) groups is 1. The molecule has 0 aromatic carbocycles. The van der Waals surface area contributed by atoms with Crippen LogP contribution in [0.2, 0.25) is 0 Å². The van der Waals surface area contributed by atoms with E-state index >= 15 is 0 Å². The lowest BCUT2D eigenvalue weighted by atomic mass is 10.2. The van der Waals surface area contributed by atoms with Crippen molar-refractivity contribution in [2.75, 3.05) is 14.1 Å². The van der Waals surface area contributed by atoms with Crippen molar-refractivity contribution >= 4 is 5.71 Å². The van der Waals surface area contributed by atoms with E-state index in [1.165, 1.54) is 12.6 Å². The first kappa shape index (κ1) is 12.9. The maximum absolute atomic E-state index is 5.77. The number of nitrogens with one attached hydrogen (secondary N) is 1. The molecular formula is C11H15N5O. The Morgan fingerprint density at radius 2 is 2.18 bits per heavy atom. The van der Waals surface area contributed by atoms with E-state index in [-0.39, 0.29) is 0 Å². The first-order valence-electron chi connectivity index (χ1n) is 4.96. The minimum Gasteiger partial charge on any atom is -0.417 e. The van der Waals surface area contributed by atoms with Gasteiger partial charge in [0.1, 0.15) is 12.6 Å². The van der Waals surface area contributed by atoms with Crippen LogP contribution in [-0.2, 0) is 4.84 Å². The van der Waals surface area contributed by atoms with Crippen LogP contribution in [0.25, 0.3) is 0 Å². The molecule has 0 aliphatic carbocycles. The molecule has 0 amide bonds. The highest BCUT2D eigenvalue weighted by molar-refractivity contribution is 6.08. The molecule has 6 nitrogen and oxygen atoms in total. The number of hydroxylamine groups is 1. The van der Waals surface area contributed by atoms with Crippen LogP contribution in [0.4, 0.5) is 0 Å². The molecule has 0 atom stereocenters. The van der Waals surface area contributed by atoms with Crippen LogP contribution in [0.15, 0.2) is 47.8 Å². The summed E-state index contributed by atoms with van der Waals surface area (Å²) < 4.78 is 0. The molecule has 3 N–H and O–H groups in total. The first-order valence-corrected chi connectivity index (χ1v) is 4.96. The molecule has 0 radical (unpaired) electrons. The Morgan fingerprint density at radius 3 is 2.76 bits per heavy atom. The molecule has 0 saturated carbocycles. The molecule has 0 aliphatic heterocycles. The van der Waals surface area contributed by atoms with Crippen molar-refractivity contribution < 1.29 is 4.84 Å².